The van der Waals surface area contributed by atoms with Crippen molar-refractivity contribution in [1.29, 1.82) is 0 Å². The Bertz CT molecular complexity index is 884. The number of nitrogens with one attached hydrogen (secondary N) is 1. The Labute approximate surface area is 155 Å². The minimum Gasteiger partial charge on any atom is -0.495 e. The summed E-state index contributed by atoms with van der Waals surface area (Å²) in [5.74, 6) is 0.648. The van der Waals surface area contributed by atoms with Crippen LogP contribution in [0.1, 0.15) is 11.1 Å². The average molecular weight is 435 g/mol. The molecule has 0 unspecified atom stereocenters. The molecule has 0 fully saturated rings. The van der Waals surface area contributed by atoms with E-state index in [2.05, 4.69) is 20.7 Å². The first-order valence-corrected chi connectivity index (χ1v) is 9.56. The first kappa shape index (κ1) is 18.9. The van der Waals surface area contributed by atoms with Crippen molar-refractivity contribution >= 4 is 43.2 Å². The third kappa shape index (κ3) is 3.79. The van der Waals surface area contributed by atoms with Gasteiger partial charge in [0.15, 0.2) is 0 Å². The van der Waals surface area contributed by atoms with Crippen LogP contribution >= 0.6 is 27.5 Å². The lowest BCUT2D eigenvalue weighted by Gasteiger charge is -2.16. The van der Waals surface area contributed by atoms with Crippen molar-refractivity contribution in [2.24, 2.45) is 0 Å². The second-order valence-electron chi connectivity index (χ2n) is 5.16. The molecule has 0 aliphatic heterocycles. The minimum atomic E-state index is -3.80. The van der Waals surface area contributed by atoms with E-state index in [0.717, 1.165) is 10.0 Å². The van der Waals surface area contributed by atoms with Gasteiger partial charge in [0.25, 0.3) is 10.0 Å². The lowest BCUT2D eigenvalue weighted by atomic mass is 10.2. The predicted octanol–water partition coefficient (Wildman–Crippen LogP) is 4.54. The maximum Gasteiger partial charge on any atom is 0.262 e. The Balaban J connectivity index is 2.52. The Kier molecular flexibility index (Phi) is 5.67. The van der Waals surface area contributed by atoms with Gasteiger partial charge in [0.2, 0.25) is 0 Å². The van der Waals surface area contributed by atoms with E-state index in [4.69, 9.17) is 21.1 Å². The number of ether oxygens (including phenoxy) is 2. The van der Waals surface area contributed by atoms with E-state index in [1.807, 2.05) is 6.92 Å². The van der Waals surface area contributed by atoms with Crippen LogP contribution in [0.15, 0.2) is 33.6 Å². The van der Waals surface area contributed by atoms with Crippen molar-refractivity contribution in [3.8, 4) is 11.5 Å². The van der Waals surface area contributed by atoms with Gasteiger partial charge < -0.3 is 9.47 Å². The summed E-state index contributed by atoms with van der Waals surface area (Å²) in [6.45, 7) is 3.56. The Morgan fingerprint density at radius 2 is 1.62 bits per heavy atom. The highest BCUT2D eigenvalue weighted by Crippen LogP contribution is 2.37. The number of benzene rings is 2. The van der Waals surface area contributed by atoms with Gasteiger partial charge in [-0.1, -0.05) is 27.5 Å². The summed E-state index contributed by atoms with van der Waals surface area (Å²) >= 11 is 9.44. The Morgan fingerprint density at radius 3 is 2.21 bits per heavy atom. The number of aryl methyl sites for hydroxylation is 2. The van der Waals surface area contributed by atoms with Crippen molar-refractivity contribution in [3.63, 3.8) is 0 Å². The zero-order valence-electron chi connectivity index (χ0n) is 13.6. The highest BCUT2D eigenvalue weighted by atomic mass is 79.9. The van der Waals surface area contributed by atoms with Crippen LogP contribution in [0.3, 0.4) is 0 Å². The maximum absolute atomic E-state index is 12.8. The fourth-order valence-corrected chi connectivity index (χ4v) is 4.25. The van der Waals surface area contributed by atoms with Crippen LogP contribution in [0.5, 0.6) is 11.5 Å². The van der Waals surface area contributed by atoms with Crippen LogP contribution in [0.2, 0.25) is 5.02 Å². The monoisotopic (exact) mass is 433 g/mol. The fraction of sp³-hybridized carbons (Fsp3) is 0.250. The molecule has 0 aliphatic carbocycles. The van der Waals surface area contributed by atoms with Gasteiger partial charge in [-0.15, -0.1) is 0 Å². The molecule has 0 radical (unpaired) electrons. The van der Waals surface area contributed by atoms with Gasteiger partial charge in [0, 0.05) is 16.6 Å². The minimum absolute atomic E-state index is 0.194. The van der Waals surface area contributed by atoms with Crippen molar-refractivity contribution in [2.45, 2.75) is 18.7 Å². The number of hydrogen-bond acceptors (Lipinski definition) is 4. The molecule has 1 N–H and O–H groups in total. The average Bonchev–Trinajstić information content (AvgIpc) is 2.51. The molecule has 0 amide bonds. The second kappa shape index (κ2) is 7.21. The van der Waals surface area contributed by atoms with Crippen molar-refractivity contribution in [2.75, 3.05) is 18.9 Å². The van der Waals surface area contributed by atoms with Gasteiger partial charge >= 0.3 is 0 Å². The molecule has 8 heteroatoms. The van der Waals surface area contributed by atoms with Crippen LogP contribution in [0.25, 0.3) is 0 Å². The molecule has 130 valence electrons. The number of halogens is 2. The summed E-state index contributed by atoms with van der Waals surface area (Å²) in [7, 11) is -0.915. The second-order valence-corrected chi connectivity index (χ2v) is 8.07. The maximum atomic E-state index is 12.8. The fourth-order valence-electron chi connectivity index (χ4n) is 2.18. The van der Waals surface area contributed by atoms with E-state index in [9.17, 15) is 8.42 Å². The van der Waals surface area contributed by atoms with Crippen LogP contribution < -0.4 is 14.2 Å². The molecule has 0 saturated heterocycles. The third-order valence-corrected chi connectivity index (χ3v) is 6.12. The molecule has 0 spiro atoms. The van der Waals surface area contributed by atoms with Crippen LogP contribution in [-0.2, 0) is 10.0 Å². The molecular weight excluding hydrogens is 418 g/mol. The zero-order chi connectivity index (χ0) is 18.1. The van der Waals surface area contributed by atoms with Crippen molar-refractivity contribution in [1.82, 2.24) is 0 Å². The normalized spacial score (nSPS) is 11.2. The van der Waals surface area contributed by atoms with E-state index in [1.165, 1.54) is 26.4 Å². The summed E-state index contributed by atoms with van der Waals surface area (Å²) in [5.41, 5.74) is 1.69. The lowest BCUT2D eigenvalue weighted by molar-refractivity contribution is 0.405. The number of sulfonamides is 1. The first-order chi connectivity index (χ1) is 11.2. The molecule has 5 nitrogen and oxygen atoms in total. The van der Waals surface area contributed by atoms with E-state index >= 15 is 0 Å². The highest BCUT2D eigenvalue weighted by molar-refractivity contribution is 9.10. The molecule has 0 saturated carbocycles. The number of methoxy groups -OCH3 is 2. The van der Waals surface area contributed by atoms with E-state index in [1.54, 1.807) is 19.1 Å². The van der Waals surface area contributed by atoms with Gasteiger partial charge in [-0.25, -0.2) is 8.42 Å². The lowest BCUT2D eigenvalue weighted by Crippen LogP contribution is -2.15. The summed E-state index contributed by atoms with van der Waals surface area (Å²) in [6, 6.07) is 6.36. The highest BCUT2D eigenvalue weighted by Gasteiger charge is 2.21. The van der Waals surface area contributed by atoms with Crippen molar-refractivity contribution < 1.29 is 17.9 Å². The molecule has 0 heterocycles. The number of rotatable bonds is 5. The van der Waals surface area contributed by atoms with Crippen LogP contribution in [0, 0.1) is 13.8 Å². The first-order valence-electron chi connectivity index (χ1n) is 6.90. The molecule has 2 aromatic rings. The summed E-state index contributed by atoms with van der Waals surface area (Å²) < 4.78 is 39.3. The molecule has 2 rings (SSSR count). The standard InChI is InChI=1S/C16H17BrClNO4S/c1-9-6-16(10(2)5-11(9)17)24(20,21)19-13-8-14(22-3)12(18)7-15(13)23-4/h5-8,19H,1-4H3. The third-order valence-electron chi connectivity index (χ3n) is 3.46. The largest absolute Gasteiger partial charge is 0.495 e. The number of hydrogen-bond donors (Lipinski definition) is 1. The number of anilines is 1. The van der Waals surface area contributed by atoms with Crippen LogP contribution in [0.4, 0.5) is 5.69 Å². The Morgan fingerprint density at radius 1 is 1.00 bits per heavy atom. The molecule has 0 atom stereocenters. The van der Waals surface area contributed by atoms with E-state index in [0.29, 0.717) is 22.1 Å². The Hall–Kier alpha value is -1.44. The summed E-state index contributed by atoms with van der Waals surface area (Å²) in [6.07, 6.45) is 0. The van der Waals surface area contributed by atoms with Crippen molar-refractivity contribution in [3.05, 3.63) is 44.9 Å². The molecular formula is C16H17BrClNO4S. The molecule has 2 aromatic carbocycles. The van der Waals surface area contributed by atoms with Gasteiger partial charge in [-0.2, -0.15) is 0 Å². The van der Waals surface area contributed by atoms with Gasteiger partial charge in [0.05, 0.1) is 29.8 Å². The topological polar surface area (TPSA) is 64.6 Å². The van der Waals surface area contributed by atoms with Gasteiger partial charge in [0.1, 0.15) is 11.5 Å². The summed E-state index contributed by atoms with van der Waals surface area (Å²) in [4.78, 5) is 0.194. The molecule has 24 heavy (non-hydrogen) atoms. The smallest absolute Gasteiger partial charge is 0.262 e. The molecule has 0 bridgehead atoms. The predicted molar refractivity (Wildman–Crippen MR) is 99.0 cm³/mol. The summed E-state index contributed by atoms with van der Waals surface area (Å²) in [5, 5.41) is 0.327. The van der Waals surface area contributed by atoms with E-state index < -0.39 is 10.0 Å². The zero-order valence-corrected chi connectivity index (χ0v) is 16.8. The van der Waals surface area contributed by atoms with Crippen LogP contribution in [-0.4, -0.2) is 22.6 Å². The van der Waals surface area contributed by atoms with Gasteiger partial charge in [-0.3, -0.25) is 4.72 Å². The quantitative estimate of drug-likeness (QED) is 0.750. The van der Waals surface area contributed by atoms with Gasteiger partial charge in [-0.05, 0) is 37.1 Å². The molecule has 0 aromatic heterocycles. The SMILES string of the molecule is COc1cc(NS(=O)(=O)c2cc(C)c(Br)cc2C)c(OC)cc1Cl. The van der Waals surface area contributed by atoms with E-state index in [-0.39, 0.29) is 10.6 Å². The molecule has 0 aliphatic rings.